The summed E-state index contributed by atoms with van der Waals surface area (Å²) < 4.78 is 0. The molecule has 0 aromatic rings. The Bertz CT molecular complexity index is 128. The monoisotopic (exact) mass is 130 g/mol. The Labute approximate surface area is 52.6 Å². The second-order valence-electron chi connectivity index (χ2n) is 1.04. The number of allylic oxidation sites excluding steroid dienone is 2. The molecule has 0 fully saturated rings. The number of hydrogen-bond donors (Lipinski definition) is 0. The third-order valence-electron chi connectivity index (χ3n) is 0.431. The molecule has 43 valence electrons. The first kappa shape index (κ1) is 7.24. The molecule has 1 radical (unpaired) electrons. The molecule has 8 heavy (non-hydrogen) atoms. The zero-order chi connectivity index (χ0) is 6.41. The Morgan fingerprint density at radius 1 is 1.50 bits per heavy atom. The minimum atomic E-state index is -0.722. The molecule has 0 heterocycles. The van der Waals surface area contributed by atoms with Gasteiger partial charge in [-0.3, -0.25) is 10.5 Å². The molecule has 0 aromatic heterocycles. The fourth-order valence-corrected chi connectivity index (χ4v) is 0.269. The molecular weight excluding hydrogens is 126 g/mol. The van der Waals surface area contributed by atoms with Gasteiger partial charge in [-0.25, -0.2) is 0 Å². The summed E-state index contributed by atoms with van der Waals surface area (Å²) in [5.74, 6) is -0.722. The van der Waals surface area contributed by atoms with Crippen molar-refractivity contribution >= 4 is 17.5 Å². The van der Waals surface area contributed by atoms with Crippen molar-refractivity contribution in [1.82, 2.24) is 5.73 Å². The van der Waals surface area contributed by atoms with Crippen LogP contribution < -0.4 is 5.73 Å². The van der Waals surface area contributed by atoms with Crippen LogP contribution in [0.1, 0.15) is 0 Å². The van der Waals surface area contributed by atoms with Crippen LogP contribution in [0, 0.1) is 0 Å². The maximum absolute atomic E-state index is 9.82. The third kappa shape index (κ3) is 5.24. The number of nitrogens with one attached hydrogen (secondary N) is 1. The van der Waals surface area contributed by atoms with Gasteiger partial charge in [-0.2, -0.15) is 0 Å². The van der Waals surface area contributed by atoms with E-state index in [2.05, 4.69) is 0 Å². The second kappa shape index (κ2) is 4.40. The fraction of sp³-hybridized carbons (Fsp3) is 0. The molecule has 1 amide bonds. The lowest BCUT2D eigenvalue weighted by molar-refractivity contribution is -0.114. The molecular formula is C5H5ClNO. The molecule has 0 atom stereocenters. The Balaban J connectivity index is 3.50. The molecule has 0 aliphatic heterocycles. The summed E-state index contributed by atoms with van der Waals surface area (Å²) in [6, 6.07) is 0. The van der Waals surface area contributed by atoms with Crippen LogP contribution in [-0.2, 0) is 4.79 Å². The highest BCUT2D eigenvalue weighted by Crippen LogP contribution is 1.79. The maximum Gasteiger partial charge on any atom is 0.262 e. The highest BCUT2D eigenvalue weighted by molar-refractivity contribution is 6.25. The molecule has 0 aliphatic rings. The van der Waals surface area contributed by atoms with Gasteiger partial charge < -0.3 is 0 Å². The van der Waals surface area contributed by atoms with Gasteiger partial charge >= 0.3 is 0 Å². The van der Waals surface area contributed by atoms with E-state index in [1.807, 2.05) is 0 Å². The highest BCUT2D eigenvalue weighted by Gasteiger charge is 1.77. The number of hydrogen-bond acceptors (Lipinski definition) is 1. The first-order valence-corrected chi connectivity index (χ1v) is 2.40. The van der Waals surface area contributed by atoms with Crippen molar-refractivity contribution in [1.29, 1.82) is 0 Å². The molecule has 2 nitrogen and oxygen atoms in total. The van der Waals surface area contributed by atoms with Gasteiger partial charge in [-0.1, -0.05) is 23.8 Å². The van der Waals surface area contributed by atoms with E-state index >= 15 is 0 Å². The molecule has 0 spiro atoms. The minimum absolute atomic E-state index is 0.722. The average molecular weight is 131 g/mol. The molecule has 3 heteroatoms. The number of rotatable bonds is 2. The lowest BCUT2D eigenvalue weighted by atomic mass is 10.5. The molecule has 0 aliphatic carbocycles. The highest BCUT2D eigenvalue weighted by atomic mass is 35.5. The van der Waals surface area contributed by atoms with Crippen LogP contribution in [0.4, 0.5) is 0 Å². The molecule has 0 rings (SSSR count). The van der Waals surface area contributed by atoms with Crippen LogP contribution in [0.5, 0.6) is 0 Å². The number of amides is 1. The topological polar surface area (TPSA) is 40.9 Å². The van der Waals surface area contributed by atoms with Crippen LogP contribution >= 0.6 is 11.6 Å². The summed E-state index contributed by atoms with van der Waals surface area (Å²) in [5, 5.41) is 0. The summed E-state index contributed by atoms with van der Waals surface area (Å²) in [4.78, 5) is 9.82. The van der Waals surface area contributed by atoms with Gasteiger partial charge in [0.15, 0.2) is 0 Å². The van der Waals surface area contributed by atoms with Crippen LogP contribution in [0.3, 0.4) is 0 Å². The van der Waals surface area contributed by atoms with Gasteiger partial charge in [0.05, 0.1) is 0 Å². The van der Waals surface area contributed by atoms with Crippen molar-refractivity contribution in [3.05, 3.63) is 23.8 Å². The van der Waals surface area contributed by atoms with Crippen molar-refractivity contribution in [2.45, 2.75) is 0 Å². The van der Waals surface area contributed by atoms with Crippen LogP contribution in [0.15, 0.2) is 23.8 Å². The maximum atomic E-state index is 9.82. The predicted octanol–water partition coefficient (Wildman–Crippen LogP) is 1.10. The smallest absolute Gasteiger partial charge is 0.262 e. The van der Waals surface area contributed by atoms with Gasteiger partial charge in [0, 0.05) is 11.6 Å². The van der Waals surface area contributed by atoms with Crippen molar-refractivity contribution in [2.75, 3.05) is 0 Å². The van der Waals surface area contributed by atoms with Crippen LogP contribution in [-0.4, -0.2) is 5.91 Å². The largest absolute Gasteiger partial charge is 0.268 e. The van der Waals surface area contributed by atoms with E-state index in [0.29, 0.717) is 0 Å². The third-order valence-corrected chi connectivity index (χ3v) is 0.577. The van der Waals surface area contributed by atoms with E-state index in [9.17, 15) is 4.79 Å². The Hall–Kier alpha value is -0.760. The van der Waals surface area contributed by atoms with Gasteiger partial charge in [-0.05, 0) is 0 Å². The van der Waals surface area contributed by atoms with Crippen molar-refractivity contribution in [3.63, 3.8) is 0 Å². The van der Waals surface area contributed by atoms with Gasteiger partial charge in [0.1, 0.15) is 0 Å². The Morgan fingerprint density at radius 3 is 2.50 bits per heavy atom. The van der Waals surface area contributed by atoms with E-state index in [1.165, 1.54) is 17.7 Å². The second-order valence-corrected chi connectivity index (χ2v) is 1.29. The lowest BCUT2D eigenvalue weighted by Crippen LogP contribution is -1.88. The number of halogens is 1. The quantitative estimate of drug-likeness (QED) is 0.408. The van der Waals surface area contributed by atoms with Crippen molar-refractivity contribution in [2.24, 2.45) is 0 Å². The van der Waals surface area contributed by atoms with E-state index in [1.54, 1.807) is 0 Å². The first-order chi connectivity index (χ1) is 3.77. The van der Waals surface area contributed by atoms with E-state index in [-0.39, 0.29) is 0 Å². The summed E-state index contributed by atoms with van der Waals surface area (Å²) in [5.41, 5.74) is 7.62. The molecule has 0 unspecified atom stereocenters. The van der Waals surface area contributed by atoms with Gasteiger partial charge in [-0.15, -0.1) is 0 Å². The first-order valence-electron chi connectivity index (χ1n) is 1.96. The van der Waals surface area contributed by atoms with Crippen LogP contribution in [0.25, 0.3) is 0 Å². The average Bonchev–Trinajstić information content (AvgIpc) is 1.66. The fourth-order valence-electron chi connectivity index (χ4n) is 0.185. The number of carbonyl (C=O) groups excluding carboxylic acids is 1. The summed E-state index contributed by atoms with van der Waals surface area (Å²) in [6.45, 7) is 0. The standard InChI is InChI=1S/C5H5ClNO/c6-4-2-1-3-5(7)8/h1-4,7H/b3-1+,4-2+. The molecule has 0 bridgehead atoms. The van der Waals surface area contributed by atoms with E-state index in [4.69, 9.17) is 17.3 Å². The predicted molar refractivity (Wildman–Crippen MR) is 32.2 cm³/mol. The zero-order valence-corrected chi connectivity index (χ0v) is 4.85. The summed E-state index contributed by atoms with van der Waals surface area (Å²) >= 11 is 5.08. The molecule has 1 N–H and O–H groups in total. The Kier molecular flexibility index (Phi) is 3.98. The minimum Gasteiger partial charge on any atom is -0.268 e. The Morgan fingerprint density at radius 2 is 2.12 bits per heavy atom. The van der Waals surface area contributed by atoms with E-state index in [0.717, 1.165) is 6.08 Å². The zero-order valence-electron chi connectivity index (χ0n) is 4.10. The molecule has 0 aromatic carbocycles. The summed E-state index contributed by atoms with van der Waals surface area (Å²) in [7, 11) is 0. The number of carbonyl (C=O) groups is 1. The van der Waals surface area contributed by atoms with Crippen molar-refractivity contribution < 1.29 is 4.79 Å². The SMILES string of the molecule is [NH]C(=O)/C=C/C=C/Cl. The van der Waals surface area contributed by atoms with Crippen molar-refractivity contribution in [3.8, 4) is 0 Å². The molecule has 0 saturated carbocycles. The van der Waals surface area contributed by atoms with E-state index < -0.39 is 5.91 Å². The lowest BCUT2D eigenvalue weighted by Gasteiger charge is -1.70. The normalized spacial score (nSPS) is 11.1. The van der Waals surface area contributed by atoms with Crippen LogP contribution in [0.2, 0.25) is 0 Å². The summed E-state index contributed by atoms with van der Waals surface area (Å²) in [6.07, 6.45) is 3.98. The van der Waals surface area contributed by atoms with Gasteiger partial charge in [0.25, 0.3) is 5.91 Å². The molecule has 0 saturated heterocycles. The van der Waals surface area contributed by atoms with Gasteiger partial charge in [0.2, 0.25) is 0 Å².